The average Bonchev–Trinajstić information content (AvgIpc) is 3.02. The first kappa shape index (κ1) is 13.1. The molecule has 2 unspecified atom stereocenters. The highest BCUT2D eigenvalue weighted by Gasteiger charge is 2.29. The van der Waals surface area contributed by atoms with Gasteiger partial charge in [0.2, 0.25) is 0 Å². The summed E-state index contributed by atoms with van der Waals surface area (Å²) in [6.45, 7) is 6.86. The fourth-order valence-electron chi connectivity index (χ4n) is 2.75. The van der Waals surface area contributed by atoms with Gasteiger partial charge in [0, 0.05) is 17.9 Å². The lowest BCUT2D eigenvalue weighted by Crippen LogP contribution is -2.19. The van der Waals surface area contributed by atoms with Crippen molar-refractivity contribution in [2.24, 2.45) is 0 Å². The lowest BCUT2D eigenvalue weighted by Gasteiger charge is -2.16. The predicted octanol–water partition coefficient (Wildman–Crippen LogP) is 1.89. The number of nitrogens with zero attached hydrogens (tertiary/aromatic N) is 4. The van der Waals surface area contributed by atoms with E-state index in [4.69, 9.17) is 10.5 Å². The largest absolute Gasteiger partial charge is 0.398 e. The lowest BCUT2D eigenvalue weighted by atomic mass is 10.0. The fourth-order valence-corrected chi connectivity index (χ4v) is 2.75. The molecule has 1 saturated heterocycles. The molecule has 6 nitrogen and oxygen atoms in total. The van der Waals surface area contributed by atoms with E-state index < -0.39 is 0 Å². The molecule has 2 aromatic rings. The van der Waals surface area contributed by atoms with Gasteiger partial charge < -0.3 is 10.5 Å². The van der Waals surface area contributed by atoms with Crippen LogP contribution in [0.4, 0.5) is 5.69 Å². The molecule has 1 aromatic heterocycles. The lowest BCUT2D eigenvalue weighted by molar-refractivity contribution is 0.105. The van der Waals surface area contributed by atoms with E-state index in [-0.39, 0.29) is 12.1 Å². The van der Waals surface area contributed by atoms with Crippen LogP contribution in [0.5, 0.6) is 0 Å². The van der Waals surface area contributed by atoms with E-state index in [1.54, 1.807) is 0 Å². The number of aryl methyl sites for hydroxylation is 2. The normalized spacial score (nSPS) is 22.4. The van der Waals surface area contributed by atoms with Gasteiger partial charge in [-0.15, -0.1) is 5.10 Å². The molecule has 0 bridgehead atoms. The molecule has 0 aliphatic carbocycles. The Morgan fingerprint density at radius 2 is 2.10 bits per heavy atom. The third-order valence-electron chi connectivity index (χ3n) is 4.00. The summed E-state index contributed by atoms with van der Waals surface area (Å²) in [5.74, 6) is 0.761. The number of rotatable bonds is 2. The van der Waals surface area contributed by atoms with Crippen molar-refractivity contribution >= 4 is 5.69 Å². The van der Waals surface area contributed by atoms with Crippen molar-refractivity contribution in [1.29, 1.82) is 0 Å². The molecule has 1 fully saturated rings. The van der Waals surface area contributed by atoms with E-state index in [1.165, 1.54) is 0 Å². The summed E-state index contributed by atoms with van der Waals surface area (Å²) in [7, 11) is 0. The molecule has 2 N–H and O–H groups in total. The van der Waals surface area contributed by atoms with Gasteiger partial charge in [-0.05, 0) is 54.8 Å². The Bertz CT molecular complexity index is 636. The molecule has 3 rings (SSSR count). The zero-order valence-electron chi connectivity index (χ0n) is 12.0. The van der Waals surface area contributed by atoms with Crippen LogP contribution in [0.3, 0.4) is 0 Å². The van der Waals surface area contributed by atoms with E-state index in [0.29, 0.717) is 0 Å². The Labute approximate surface area is 117 Å². The topological polar surface area (TPSA) is 78.8 Å². The summed E-state index contributed by atoms with van der Waals surface area (Å²) in [5, 5.41) is 12.2. The molecule has 2 atom stereocenters. The summed E-state index contributed by atoms with van der Waals surface area (Å²) in [5.41, 5.74) is 9.96. The number of nitrogen functional groups attached to an aromatic ring is 1. The Morgan fingerprint density at radius 1 is 1.30 bits per heavy atom. The molecule has 0 spiro atoms. The fraction of sp³-hybridized carbons (Fsp3) is 0.500. The first-order chi connectivity index (χ1) is 9.58. The monoisotopic (exact) mass is 273 g/mol. The minimum atomic E-state index is 0.125. The molecule has 1 aliphatic rings. The maximum Gasteiger partial charge on any atom is 0.182 e. The maximum absolute atomic E-state index is 6.02. The van der Waals surface area contributed by atoms with Crippen molar-refractivity contribution in [3.8, 4) is 11.4 Å². The number of tetrazole rings is 1. The minimum absolute atomic E-state index is 0.125. The van der Waals surface area contributed by atoms with E-state index >= 15 is 0 Å². The van der Waals surface area contributed by atoms with E-state index in [0.717, 1.165) is 41.2 Å². The highest BCUT2D eigenvalue weighted by Crippen LogP contribution is 2.31. The van der Waals surface area contributed by atoms with Gasteiger partial charge in [-0.3, -0.25) is 0 Å². The molecule has 20 heavy (non-hydrogen) atoms. The Morgan fingerprint density at radius 3 is 2.80 bits per heavy atom. The molecule has 2 heterocycles. The smallest absolute Gasteiger partial charge is 0.182 e. The number of hydrogen-bond acceptors (Lipinski definition) is 5. The van der Waals surface area contributed by atoms with Gasteiger partial charge in [-0.1, -0.05) is 6.07 Å². The van der Waals surface area contributed by atoms with Gasteiger partial charge >= 0.3 is 0 Å². The molecule has 6 heteroatoms. The standard InChI is InChI=1S/C14H19N5O/c1-8-6-9(2)12(15)7-11(8)14-16-17-18-19(14)13-4-5-20-10(13)3/h6-7,10,13H,4-5,15H2,1-3H3. The van der Waals surface area contributed by atoms with Gasteiger partial charge in [0.05, 0.1) is 12.1 Å². The van der Waals surface area contributed by atoms with Gasteiger partial charge in [-0.2, -0.15) is 0 Å². The van der Waals surface area contributed by atoms with Crippen molar-refractivity contribution in [3.05, 3.63) is 23.3 Å². The predicted molar refractivity (Wildman–Crippen MR) is 76.2 cm³/mol. The van der Waals surface area contributed by atoms with Crippen LogP contribution in [0.2, 0.25) is 0 Å². The zero-order chi connectivity index (χ0) is 14.3. The second-order valence-corrected chi connectivity index (χ2v) is 5.40. The number of aromatic nitrogens is 4. The van der Waals surface area contributed by atoms with Gasteiger partial charge in [0.1, 0.15) is 0 Å². The second-order valence-electron chi connectivity index (χ2n) is 5.40. The summed E-state index contributed by atoms with van der Waals surface area (Å²) < 4.78 is 7.48. The third kappa shape index (κ3) is 2.06. The van der Waals surface area contributed by atoms with Gasteiger partial charge in [0.25, 0.3) is 0 Å². The summed E-state index contributed by atoms with van der Waals surface area (Å²) in [4.78, 5) is 0. The Kier molecular flexibility index (Phi) is 3.17. The van der Waals surface area contributed by atoms with Crippen molar-refractivity contribution in [2.45, 2.75) is 39.3 Å². The van der Waals surface area contributed by atoms with Crippen LogP contribution in [0.25, 0.3) is 11.4 Å². The summed E-state index contributed by atoms with van der Waals surface area (Å²) in [6, 6.07) is 4.20. The van der Waals surface area contributed by atoms with Crippen LogP contribution >= 0.6 is 0 Å². The first-order valence-electron chi connectivity index (χ1n) is 6.84. The van der Waals surface area contributed by atoms with Crippen LogP contribution in [0.15, 0.2) is 12.1 Å². The molecular formula is C14H19N5O. The molecule has 106 valence electrons. The SMILES string of the molecule is Cc1cc(C)c(-c2nnnn2C2CCOC2C)cc1N. The van der Waals surface area contributed by atoms with Crippen LogP contribution in [-0.2, 0) is 4.74 Å². The highest BCUT2D eigenvalue weighted by molar-refractivity contribution is 5.67. The number of benzene rings is 1. The van der Waals surface area contributed by atoms with Gasteiger partial charge in [0.15, 0.2) is 5.82 Å². The second kappa shape index (κ2) is 4.86. The van der Waals surface area contributed by atoms with Crippen LogP contribution in [-0.4, -0.2) is 32.9 Å². The number of nitrogens with two attached hydrogens (primary N) is 1. The molecule has 1 aromatic carbocycles. The highest BCUT2D eigenvalue weighted by atomic mass is 16.5. The van der Waals surface area contributed by atoms with Crippen molar-refractivity contribution in [3.63, 3.8) is 0 Å². The van der Waals surface area contributed by atoms with Crippen LogP contribution in [0, 0.1) is 13.8 Å². The van der Waals surface area contributed by atoms with E-state index in [1.807, 2.05) is 17.7 Å². The van der Waals surface area contributed by atoms with Crippen molar-refractivity contribution < 1.29 is 4.74 Å². The Balaban J connectivity index is 2.08. The Hall–Kier alpha value is -1.95. The first-order valence-corrected chi connectivity index (χ1v) is 6.84. The van der Waals surface area contributed by atoms with Crippen molar-refractivity contribution in [2.75, 3.05) is 12.3 Å². The average molecular weight is 273 g/mol. The summed E-state index contributed by atoms with van der Waals surface area (Å²) >= 11 is 0. The molecular weight excluding hydrogens is 254 g/mol. The number of anilines is 1. The van der Waals surface area contributed by atoms with Crippen LogP contribution < -0.4 is 5.73 Å². The summed E-state index contributed by atoms with van der Waals surface area (Å²) in [6.07, 6.45) is 1.06. The van der Waals surface area contributed by atoms with E-state index in [9.17, 15) is 0 Å². The zero-order valence-corrected chi connectivity index (χ0v) is 12.0. The maximum atomic E-state index is 6.02. The minimum Gasteiger partial charge on any atom is -0.398 e. The van der Waals surface area contributed by atoms with E-state index in [2.05, 4.69) is 35.4 Å². The number of hydrogen-bond donors (Lipinski definition) is 1. The van der Waals surface area contributed by atoms with Gasteiger partial charge in [-0.25, -0.2) is 4.68 Å². The molecule has 0 saturated carbocycles. The van der Waals surface area contributed by atoms with Crippen molar-refractivity contribution in [1.82, 2.24) is 20.2 Å². The molecule has 0 radical (unpaired) electrons. The van der Waals surface area contributed by atoms with Crippen LogP contribution in [0.1, 0.15) is 30.5 Å². The molecule has 1 aliphatic heterocycles. The molecule has 0 amide bonds. The quantitative estimate of drug-likeness (QED) is 0.845. The number of ether oxygens (including phenoxy) is 1. The third-order valence-corrected chi connectivity index (χ3v) is 4.00.